The van der Waals surface area contributed by atoms with Crippen LogP contribution in [0.4, 0.5) is 4.79 Å². The molecule has 3 fully saturated rings. The van der Waals surface area contributed by atoms with Crippen LogP contribution in [0.2, 0.25) is 0 Å². The second kappa shape index (κ2) is 3.67. The Kier molecular flexibility index (Phi) is 2.31. The summed E-state index contributed by atoms with van der Waals surface area (Å²) in [7, 11) is 0. The van der Waals surface area contributed by atoms with Crippen molar-refractivity contribution >= 4 is 6.09 Å². The minimum absolute atomic E-state index is 0.0689. The summed E-state index contributed by atoms with van der Waals surface area (Å²) in [6.07, 6.45) is 5.96. The fraction of sp³-hybridized carbons (Fsp3) is 0.909. The van der Waals surface area contributed by atoms with Crippen LogP contribution in [0, 0.1) is 0 Å². The molecule has 0 radical (unpaired) electrons. The smallest absolute Gasteiger partial charge is 0.410 e. The molecule has 1 saturated carbocycles. The lowest BCUT2D eigenvalue weighted by molar-refractivity contribution is 0.121. The van der Waals surface area contributed by atoms with Crippen LogP contribution in [0.15, 0.2) is 0 Å². The van der Waals surface area contributed by atoms with Gasteiger partial charge >= 0.3 is 6.09 Å². The number of hydrogen-bond acceptors (Lipinski definition) is 3. The molecule has 84 valence electrons. The lowest BCUT2D eigenvalue weighted by atomic mass is 10.0. The van der Waals surface area contributed by atoms with Gasteiger partial charge in [0.1, 0.15) is 6.10 Å². The minimum Gasteiger partial charge on any atom is -0.443 e. The standard InChI is InChI=1S/C11H18N2O2/c14-11-13(8-3-1-2-4-8)9-5-6-12-7-10(9)15-11/h8-10,12H,1-7H2. The van der Waals surface area contributed by atoms with E-state index in [1.807, 2.05) is 4.90 Å². The van der Waals surface area contributed by atoms with Gasteiger partial charge in [0, 0.05) is 12.6 Å². The van der Waals surface area contributed by atoms with E-state index in [1.165, 1.54) is 25.7 Å². The summed E-state index contributed by atoms with van der Waals surface area (Å²) in [5.41, 5.74) is 0. The Hall–Kier alpha value is -0.770. The number of hydrogen-bond donors (Lipinski definition) is 1. The van der Waals surface area contributed by atoms with Gasteiger partial charge in [-0.3, -0.25) is 4.90 Å². The fourth-order valence-corrected chi connectivity index (χ4v) is 3.18. The number of ether oxygens (including phenoxy) is 1. The summed E-state index contributed by atoms with van der Waals surface area (Å²) in [4.78, 5) is 13.8. The number of nitrogens with zero attached hydrogens (tertiary/aromatic N) is 1. The number of piperidine rings is 1. The topological polar surface area (TPSA) is 41.6 Å². The summed E-state index contributed by atoms with van der Waals surface area (Å²) in [6.45, 7) is 1.85. The molecule has 2 heterocycles. The quantitative estimate of drug-likeness (QED) is 0.705. The molecule has 0 aromatic heterocycles. The van der Waals surface area contributed by atoms with Crippen LogP contribution in [0.5, 0.6) is 0 Å². The predicted octanol–water partition coefficient (Wildman–Crippen LogP) is 1.11. The van der Waals surface area contributed by atoms with Gasteiger partial charge in [-0.1, -0.05) is 12.8 Å². The van der Waals surface area contributed by atoms with Crippen molar-refractivity contribution in [2.45, 2.75) is 50.3 Å². The average Bonchev–Trinajstić information content (AvgIpc) is 2.82. The number of carbonyl (C=O) groups excluding carboxylic acids is 1. The maximum Gasteiger partial charge on any atom is 0.410 e. The maximum atomic E-state index is 11.8. The predicted molar refractivity (Wildman–Crippen MR) is 55.6 cm³/mol. The first-order valence-corrected chi connectivity index (χ1v) is 6.06. The molecule has 0 spiro atoms. The van der Waals surface area contributed by atoms with Crippen LogP contribution in [-0.4, -0.2) is 42.3 Å². The number of fused-ring (bicyclic) bond motifs is 1. The molecule has 1 amide bonds. The van der Waals surface area contributed by atoms with Gasteiger partial charge in [0.2, 0.25) is 0 Å². The van der Waals surface area contributed by atoms with Crippen molar-refractivity contribution < 1.29 is 9.53 Å². The molecule has 0 aromatic carbocycles. The molecule has 15 heavy (non-hydrogen) atoms. The van der Waals surface area contributed by atoms with Crippen LogP contribution in [-0.2, 0) is 4.74 Å². The number of rotatable bonds is 1. The molecule has 3 rings (SSSR count). The summed E-state index contributed by atoms with van der Waals surface area (Å²) in [5.74, 6) is 0. The Bertz CT molecular complexity index is 263. The highest BCUT2D eigenvalue weighted by molar-refractivity contribution is 5.71. The molecule has 0 aromatic rings. The van der Waals surface area contributed by atoms with Gasteiger partial charge < -0.3 is 10.1 Å². The van der Waals surface area contributed by atoms with Crippen LogP contribution in [0.25, 0.3) is 0 Å². The van der Waals surface area contributed by atoms with E-state index in [-0.39, 0.29) is 12.2 Å². The average molecular weight is 210 g/mol. The highest BCUT2D eigenvalue weighted by Gasteiger charge is 2.46. The lowest BCUT2D eigenvalue weighted by Crippen LogP contribution is -2.49. The molecule has 1 aliphatic carbocycles. The second-order valence-electron chi connectivity index (χ2n) is 4.83. The monoisotopic (exact) mass is 210 g/mol. The van der Waals surface area contributed by atoms with Crippen molar-refractivity contribution in [3.63, 3.8) is 0 Å². The zero-order valence-electron chi connectivity index (χ0n) is 8.95. The first-order valence-electron chi connectivity index (χ1n) is 6.06. The summed E-state index contributed by atoms with van der Waals surface area (Å²) in [5, 5.41) is 3.28. The number of carbonyl (C=O) groups is 1. The van der Waals surface area contributed by atoms with Gasteiger partial charge in [-0.05, 0) is 25.8 Å². The fourth-order valence-electron chi connectivity index (χ4n) is 3.18. The normalized spacial score (nSPS) is 36.8. The van der Waals surface area contributed by atoms with E-state index in [1.54, 1.807) is 0 Å². The summed E-state index contributed by atoms with van der Waals surface area (Å²) < 4.78 is 5.41. The molecular formula is C11H18N2O2. The maximum absolute atomic E-state index is 11.8. The van der Waals surface area contributed by atoms with Crippen molar-refractivity contribution in [1.29, 1.82) is 0 Å². The number of amides is 1. The van der Waals surface area contributed by atoms with Gasteiger partial charge in [-0.25, -0.2) is 4.79 Å². The van der Waals surface area contributed by atoms with Gasteiger partial charge in [0.15, 0.2) is 0 Å². The highest BCUT2D eigenvalue weighted by Crippen LogP contribution is 2.32. The molecule has 2 aliphatic heterocycles. The molecular weight excluding hydrogens is 192 g/mol. The SMILES string of the molecule is O=C1OC2CNCCC2N1C1CCCC1. The van der Waals surface area contributed by atoms with Gasteiger partial charge in [-0.15, -0.1) is 0 Å². The summed E-state index contributed by atoms with van der Waals surface area (Å²) >= 11 is 0. The third-order valence-electron chi connectivity index (χ3n) is 3.93. The third-order valence-corrected chi connectivity index (χ3v) is 3.93. The van der Waals surface area contributed by atoms with E-state index in [0.29, 0.717) is 12.1 Å². The zero-order chi connectivity index (χ0) is 10.3. The van der Waals surface area contributed by atoms with Crippen molar-refractivity contribution in [2.24, 2.45) is 0 Å². The molecule has 2 atom stereocenters. The highest BCUT2D eigenvalue weighted by atomic mass is 16.6. The lowest BCUT2D eigenvalue weighted by Gasteiger charge is -2.32. The van der Waals surface area contributed by atoms with E-state index in [9.17, 15) is 4.79 Å². The van der Waals surface area contributed by atoms with Crippen molar-refractivity contribution in [3.8, 4) is 0 Å². The van der Waals surface area contributed by atoms with Gasteiger partial charge in [0.05, 0.1) is 6.04 Å². The number of nitrogens with one attached hydrogen (secondary N) is 1. The first kappa shape index (κ1) is 9.46. The van der Waals surface area contributed by atoms with Crippen LogP contribution in [0.3, 0.4) is 0 Å². The van der Waals surface area contributed by atoms with Gasteiger partial charge in [-0.2, -0.15) is 0 Å². The van der Waals surface area contributed by atoms with Crippen molar-refractivity contribution in [1.82, 2.24) is 10.2 Å². The van der Waals surface area contributed by atoms with Crippen molar-refractivity contribution in [2.75, 3.05) is 13.1 Å². The van der Waals surface area contributed by atoms with E-state index in [4.69, 9.17) is 4.74 Å². The Morgan fingerprint density at radius 2 is 2.07 bits per heavy atom. The minimum atomic E-state index is -0.0689. The molecule has 3 aliphatic rings. The Morgan fingerprint density at radius 1 is 1.27 bits per heavy atom. The molecule has 0 bridgehead atoms. The Balaban J connectivity index is 1.77. The summed E-state index contributed by atoms with van der Waals surface area (Å²) in [6, 6.07) is 0.812. The first-order chi connectivity index (χ1) is 7.36. The van der Waals surface area contributed by atoms with Crippen LogP contribution in [0.1, 0.15) is 32.1 Å². The van der Waals surface area contributed by atoms with Gasteiger partial charge in [0.25, 0.3) is 0 Å². The Labute approximate surface area is 90.0 Å². The molecule has 2 saturated heterocycles. The molecule has 1 N–H and O–H groups in total. The van der Waals surface area contributed by atoms with E-state index in [2.05, 4.69) is 5.32 Å². The third kappa shape index (κ3) is 1.51. The second-order valence-corrected chi connectivity index (χ2v) is 4.83. The van der Waals surface area contributed by atoms with E-state index in [0.717, 1.165) is 19.5 Å². The van der Waals surface area contributed by atoms with E-state index >= 15 is 0 Å². The largest absolute Gasteiger partial charge is 0.443 e. The van der Waals surface area contributed by atoms with Crippen LogP contribution >= 0.6 is 0 Å². The molecule has 4 heteroatoms. The van der Waals surface area contributed by atoms with Crippen LogP contribution < -0.4 is 5.32 Å². The molecule has 4 nitrogen and oxygen atoms in total. The Morgan fingerprint density at radius 3 is 2.87 bits per heavy atom. The van der Waals surface area contributed by atoms with E-state index < -0.39 is 0 Å². The molecule has 2 unspecified atom stereocenters. The van der Waals surface area contributed by atoms with Crippen molar-refractivity contribution in [3.05, 3.63) is 0 Å². The zero-order valence-corrected chi connectivity index (χ0v) is 8.95.